The average molecular weight is 395 g/mol. The number of hydrogen-bond acceptors (Lipinski definition) is 5. The molecule has 4 rings (SSSR count). The van der Waals surface area contributed by atoms with Crippen LogP contribution in [0.3, 0.4) is 0 Å². The number of nitrogens with zero attached hydrogens (tertiary/aromatic N) is 1. The van der Waals surface area contributed by atoms with Crippen LogP contribution in [0.1, 0.15) is 19.3 Å². The highest BCUT2D eigenvalue weighted by Gasteiger charge is 2.18. The van der Waals surface area contributed by atoms with Gasteiger partial charge in [-0.2, -0.15) is 0 Å². The number of para-hydroxylation sites is 1. The van der Waals surface area contributed by atoms with E-state index >= 15 is 0 Å². The molecule has 2 heterocycles. The Morgan fingerprint density at radius 1 is 1.03 bits per heavy atom. The van der Waals surface area contributed by atoms with Gasteiger partial charge in [-0.25, -0.2) is 0 Å². The summed E-state index contributed by atoms with van der Waals surface area (Å²) in [6.07, 6.45) is 3.65. The maximum atomic E-state index is 12.3. The van der Waals surface area contributed by atoms with Gasteiger partial charge in [-0.05, 0) is 38.1 Å². The van der Waals surface area contributed by atoms with Crippen LogP contribution >= 0.6 is 0 Å². The third-order valence-corrected chi connectivity index (χ3v) is 5.32. The second-order valence-corrected chi connectivity index (χ2v) is 7.26. The van der Waals surface area contributed by atoms with E-state index in [9.17, 15) is 9.59 Å². The first kappa shape index (κ1) is 19.3. The number of likely N-dealkylation sites (tertiary alicyclic amines) is 1. The average Bonchev–Trinajstić information content (AvgIpc) is 3.11. The van der Waals surface area contributed by atoms with Gasteiger partial charge in [0, 0.05) is 29.9 Å². The first-order chi connectivity index (χ1) is 14.2. The number of amides is 2. The van der Waals surface area contributed by atoms with E-state index in [0.29, 0.717) is 23.6 Å². The van der Waals surface area contributed by atoms with Crippen LogP contribution in [0.5, 0.6) is 5.75 Å². The van der Waals surface area contributed by atoms with Crippen molar-refractivity contribution in [1.82, 2.24) is 10.2 Å². The van der Waals surface area contributed by atoms with E-state index in [2.05, 4.69) is 15.5 Å². The molecule has 7 nitrogen and oxygen atoms in total. The number of carbonyl (C=O) groups is 2. The third-order valence-electron chi connectivity index (χ3n) is 5.32. The Morgan fingerprint density at radius 3 is 2.62 bits per heavy atom. The smallest absolute Gasteiger partial charge is 0.313 e. The van der Waals surface area contributed by atoms with Crippen molar-refractivity contribution in [1.29, 1.82) is 0 Å². The van der Waals surface area contributed by atoms with Crippen molar-refractivity contribution in [2.75, 3.05) is 38.6 Å². The van der Waals surface area contributed by atoms with Gasteiger partial charge < -0.3 is 24.7 Å². The van der Waals surface area contributed by atoms with Gasteiger partial charge in [-0.3, -0.25) is 9.59 Å². The van der Waals surface area contributed by atoms with Gasteiger partial charge in [0.15, 0.2) is 0 Å². The second kappa shape index (κ2) is 8.53. The molecule has 2 N–H and O–H groups in total. The summed E-state index contributed by atoms with van der Waals surface area (Å²) in [7, 11) is 1.53. The highest BCUT2D eigenvalue weighted by atomic mass is 16.5. The number of anilines is 1. The van der Waals surface area contributed by atoms with Crippen molar-refractivity contribution < 1.29 is 18.7 Å². The van der Waals surface area contributed by atoms with Gasteiger partial charge >= 0.3 is 11.8 Å². The number of hydrogen-bond donors (Lipinski definition) is 2. The Bertz CT molecular complexity index is 1040. The minimum Gasteiger partial charge on any atom is -0.495 e. The zero-order chi connectivity index (χ0) is 20.2. The fraction of sp³-hybridized carbons (Fsp3) is 0.364. The van der Waals surface area contributed by atoms with Gasteiger partial charge in [-0.1, -0.05) is 24.6 Å². The number of nitrogens with one attached hydrogen (secondary N) is 2. The summed E-state index contributed by atoms with van der Waals surface area (Å²) in [4.78, 5) is 26.8. The number of carbonyl (C=O) groups excluding carboxylic acids is 2. The van der Waals surface area contributed by atoms with Crippen molar-refractivity contribution in [3.8, 4) is 5.75 Å². The Labute approximate surface area is 169 Å². The molecule has 3 aromatic rings. The molecule has 0 aliphatic carbocycles. The molecular formula is C22H25N3O4. The molecule has 0 atom stereocenters. The lowest BCUT2D eigenvalue weighted by Gasteiger charge is -2.26. The maximum absolute atomic E-state index is 12.3. The summed E-state index contributed by atoms with van der Waals surface area (Å²) in [5.74, 6) is -0.912. The first-order valence-electron chi connectivity index (χ1n) is 9.96. The zero-order valence-corrected chi connectivity index (χ0v) is 16.5. The summed E-state index contributed by atoms with van der Waals surface area (Å²) in [6, 6.07) is 11.2. The maximum Gasteiger partial charge on any atom is 0.313 e. The van der Waals surface area contributed by atoms with Gasteiger partial charge in [0.2, 0.25) is 0 Å². The molecule has 0 spiro atoms. The van der Waals surface area contributed by atoms with E-state index in [1.165, 1.54) is 26.4 Å². The van der Waals surface area contributed by atoms with Crippen LogP contribution in [0, 0.1) is 0 Å². The zero-order valence-electron chi connectivity index (χ0n) is 16.5. The van der Waals surface area contributed by atoms with E-state index in [1.54, 1.807) is 6.07 Å². The number of ether oxygens (including phenoxy) is 1. The van der Waals surface area contributed by atoms with E-state index in [-0.39, 0.29) is 0 Å². The minimum atomic E-state index is -0.725. The van der Waals surface area contributed by atoms with Crippen molar-refractivity contribution in [3.05, 3.63) is 36.4 Å². The summed E-state index contributed by atoms with van der Waals surface area (Å²) in [5, 5.41) is 7.18. The Hall–Kier alpha value is -3.06. The van der Waals surface area contributed by atoms with Crippen LogP contribution in [-0.2, 0) is 9.59 Å². The molecule has 7 heteroatoms. The van der Waals surface area contributed by atoms with Crippen LogP contribution in [0.4, 0.5) is 5.69 Å². The molecule has 1 aliphatic heterocycles. The largest absolute Gasteiger partial charge is 0.495 e. The molecular weight excluding hydrogens is 370 g/mol. The van der Waals surface area contributed by atoms with E-state index in [1.807, 2.05) is 30.3 Å². The number of benzene rings is 2. The summed E-state index contributed by atoms with van der Waals surface area (Å²) < 4.78 is 11.3. The highest BCUT2D eigenvalue weighted by Crippen LogP contribution is 2.36. The number of methoxy groups -OCH3 is 1. The standard InChI is InChI=1S/C22H25N3O4/c1-28-20-13-16-15-7-3-4-8-18(15)29-19(16)14-17(20)24-22(27)21(26)23-9-12-25-10-5-2-6-11-25/h3-4,7-8,13-14H,2,5-6,9-12H2,1H3,(H,23,26)(H,24,27). The molecule has 0 radical (unpaired) electrons. The lowest BCUT2D eigenvalue weighted by atomic mass is 10.1. The summed E-state index contributed by atoms with van der Waals surface area (Å²) in [5.41, 5.74) is 1.77. The number of fused-ring (bicyclic) bond motifs is 3. The number of piperidine rings is 1. The predicted octanol–water partition coefficient (Wildman–Crippen LogP) is 3.14. The normalized spacial score (nSPS) is 14.8. The summed E-state index contributed by atoms with van der Waals surface area (Å²) >= 11 is 0. The van der Waals surface area contributed by atoms with Crippen molar-refractivity contribution in [2.45, 2.75) is 19.3 Å². The number of furan rings is 1. The van der Waals surface area contributed by atoms with E-state index in [4.69, 9.17) is 9.15 Å². The Balaban J connectivity index is 1.43. The van der Waals surface area contributed by atoms with Crippen LogP contribution in [0.2, 0.25) is 0 Å². The third kappa shape index (κ3) is 4.19. The van der Waals surface area contributed by atoms with Gasteiger partial charge in [0.05, 0.1) is 12.8 Å². The molecule has 1 aromatic heterocycles. The van der Waals surface area contributed by atoms with Gasteiger partial charge in [0.25, 0.3) is 0 Å². The molecule has 0 unspecified atom stereocenters. The lowest BCUT2D eigenvalue weighted by Crippen LogP contribution is -2.41. The van der Waals surface area contributed by atoms with Crippen LogP contribution in [0.25, 0.3) is 21.9 Å². The molecule has 0 saturated carbocycles. The van der Waals surface area contributed by atoms with Crippen LogP contribution in [0.15, 0.2) is 40.8 Å². The molecule has 1 fully saturated rings. The Kier molecular flexibility index (Phi) is 5.67. The molecule has 2 amide bonds. The summed E-state index contributed by atoms with van der Waals surface area (Å²) in [6.45, 7) is 3.31. The topological polar surface area (TPSA) is 83.8 Å². The van der Waals surface area contributed by atoms with Gasteiger partial charge in [-0.15, -0.1) is 0 Å². The quantitative estimate of drug-likeness (QED) is 0.649. The van der Waals surface area contributed by atoms with Crippen molar-refractivity contribution in [3.63, 3.8) is 0 Å². The monoisotopic (exact) mass is 395 g/mol. The fourth-order valence-corrected chi connectivity index (χ4v) is 3.79. The van der Waals surface area contributed by atoms with Crippen LogP contribution < -0.4 is 15.4 Å². The lowest BCUT2D eigenvalue weighted by molar-refractivity contribution is -0.136. The molecule has 1 aliphatic rings. The van der Waals surface area contributed by atoms with Crippen molar-refractivity contribution >= 4 is 39.4 Å². The Morgan fingerprint density at radius 2 is 1.83 bits per heavy atom. The van der Waals surface area contributed by atoms with Crippen molar-refractivity contribution in [2.24, 2.45) is 0 Å². The fourth-order valence-electron chi connectivity index (χ4n) is 3.79. The predicted molar refractivity (Wildman–Crippen MR) is 112 cm³/mol. The van der Waals surface area contributed by atoms with Gasteiger partial charge in [0.1, 0.15) is 16.9 Å². The molecule has 29 heavy (non-hydrogen) atoms. The molecule has 1 saturated heterocycles. The highest BCUT2D eigenvalue weighted by molar-refractivity contribution is 6.39. The second-order valence-electron chi connectivity index (χ2n) is 7.26. The molecule has 0 bridgehead atoms. The SMILES string of the molecule is COc1cc2c(cc1NC(=O)C(=O)NCCN1CCCCC1)oc1ccccc12. The molecule has 152 valence electrons. The number of rotatable bonds is 5. The first-order valence-corrected chi connectivity index (χ1v) is 9.96. The van der Waals surface area contributed by atoms with E-state index < -0.39 is 11.8 Å². The van der Waals surface area contributed by atoms with E-state index in [0.717, 1.165) is 36.0 Å². The minimum absolute atomic E-state index is 0.398. The molecule has 2 aromatic carbocycles. The van der Waals surface area contributed by atoms with Crippen LogP contribution in [-0.4, -0.2) is 50.0 Å².